The zero-order valence-corrected chi connectivity index (χ0v) is 14.8. The van der Waals surface area contributed by atoms with Gasteiger partial charge < -0.3 is 19.5 Å². The van der Waals surface area contributed by atoms with Gasteiger partial charge in [-0.1, -0.05) is 27.7 Å². The largest absolute Gasteiger partial charge is 0.377 e. The van der Waals surface area contributed by atoms with E-state index in [1.54, 1.807) is 0 Å². The first-order valence-electron chi connectivity index (χ1n) is 8.08. The van der Waals surface area contributed by atoms with Crippen LogP contribution in [-0.2, 0) is 23.8 Å². The number of hydrogen-bond donors (Lipinski definition) is 1. The van der Waals surface area contributed by atoms with E-state index < -0.39 is 0 Å². The lowest BCUT2D eigenvalue weighted by Crippen LogP contribution is -2.25. The molecule has 0 saturated heterocycles. The summed E-state index contributed by atoms with van der Waals surface area (Å²) < 4.78 is 15.7. The summed E-state index contributed by atoms with van der Waals surface area (Å²) in [5.74, 6) is 0.135. The van der Waals surface area contributed by atoms with Crippen molar-refractivity contribution in [3.63, 3.8) is 0 Å². The Labute approximate surface area is 136 Å². The number of ketones is 1. The quantitative estimate of drug-likeness (QED) is 0.526. The highest BCUT2D eigenvalue weighted by atomic mass is 16.5. The zero-order valence-electron chi connectivity index (χ0n) is 14.8. The summed E-state index contributed by atoms with van der Waals surface area (Å²) in [5.41, 5.74) is 0. The van der Waals surface area contributed by atoms with Gasteiger partial charge in [0.2, 0.25) is 5.91 Å². The SMILES string of the molecule is CC.CCC(C)C(=O)COCCOCCOCCNC(C)=O.[HH]. The summed E-state index contributed by atoms with van der Waals surface area (Å²) >= 11 is 0. The third-order valence-electron chi connectivity index (χ3n) is 2.77. The van der Waals surface area contributed by atoms with Crippen molar-refractivity contribution in [1.29, 1.82) is 0 Å². The van der Waals surface area contributed by atoms with Crippen LogP contribution in [0.1, 0.15) is 42.5 Å². The summed E-state index contributed by atoms with van der Waals surface area (Å²) in [5, 5.41) is 2.63. The first-order valence-corrected chi connectivity index (χ1v) is 8.08. The highest BCUT2D eigenvalue weighted by Crippen LogP contribution is 2.01. The molecule has 1 N–H and O–H groups in total. The standard InChI is InChI=1S/C14H27NO5.C2H6.H2/c1-4-12(2)14(17)11-20-10-9-19-8-7-18-6-5-15-13(3)16;1-2;/h12H,4-11H2,1-3H3,(H,15,16);1-2H3;1H. The third-order valence-corrected chi connectivity index (χ3v) is 2.77. The number of rotatable bonds is 13. The second-order valence-corrected chi connectivity index (χ2v) is 4.54. The van der Waals surface area contributed by atoms with Crippen molar-refractivity contribution in [2.75, 3.05) is 46.2 Å². The molecule has 134 valence electrons. The van der Waals surface area contributed by atoms with Crippen LogP contribution >= 0.6 is 0 Å². The van der Waals surface area contributed by atoms with E-state index in [1.807, 2.05) is 27.7 Å². The Balaban J connectivity index is -0.00000128. The van der Waals surface area contributed by atoms with Gasteiger partial charge in [-0.3, -0.25) is 9.59 Å². The van der Waals surface area contributed by atoms with E-state index in [4.69, 9.17) is 14.2 Å². The number of hydrogen-bond acceptors (Lipinski definition) is 5. The van der Waals surface area contributed by atoms with E-state index in [1.165, 1.54) is 6.92 Å². The van der Waals surface area contributed by atoms with E-state index >= 15 is 0 Å². The third kappa shape index (κ3) is 17.1. The zero-order chi connectivity index (χ0) is 17.2. The molecule has 22 heavy (non-hydrogen) atoms. The van der Waals surface area contributed by atoms with E-state index in [-0.39, 0.29) is 25.6 Å². The van der Waals surface area contributed by atoms with Crippen molar-refractivity contribution in [3.8, 4) is 0 Å². The number of amides is 1. The summed E-state index contributed by atoms with van der Waals surface area (Å²) in [4.78, 5) is 22.0. The summed E-state index contributed by atoms with van der Waals surface area (Å²) in [6, 6.07) is 0. The highest BCUT2D eigenvalue weighted by Gasteiger charge is 2.09. The molecule has 0 fully saturated rings. The normalized spacial score (nSPS) is 11.3. The number of ether oxygens (including phenoxy) is 3. The monoisotopic (exact) mass is 321 g/mol. The molecule has 6 nitrogen and oxygen atoms in total. The van der Waals surface area contributed by atoms with Gasteiger partial charge in [-0.05, 0) is 6.42 Å². The molecular formula is C16H35NO5. The van der Waals surface area contributed by atoms with Crippen molar-refractivity contribution in [2.45, 2.75) is 41.0 Å². The van der Waals surface area contributed by atoms with E-state index in [9.17, 15) is 9.59 Å². The van der Waals surface area contributed by atoms with Crippen molar-refractivity contribution >= 4 is 11.7 Å². The van der Waals surface area contributed by atoms with Gasteiger partial charge in [0, 0.05) is 20.8 Å². The van der Waals surface area contributed by atoms with Crippen LogP contribution in [0.25, 0.3) is 0 Å². The van der Waals surface area contributed by atoms with Crippen molar-refractivity contribution in [2.24, 2.45) is 5.92 Å². The smallest absolute Gasteiger partial charge is 0.216 e. The lowest BCUT2D eigenvalue weighted by molar-refractivity contribution is -0.127. The fourth-order valence-corrected chi connectivity index (χ4v) is 1.28. The van der Waals surface area contributed by atoms with Gasteiger partial charge >= 0.3 is 0 Å². The molecule has 6 heteroatoms. The second kappa shape index (κ2) is 18.1. The molecule has 0 aliphatic heterocycles. The fraction of sp³-hybridized carbons (Fsp3) is 0.875. The number of carbonyl (C=O) groups excluding carboxylic acids is 2. The molecular weight excluding hydrogens is 286 g/mol. The van der Waals surface area contributed by atoms with Crippen LogP contribution in [0, 0.1) is 5.92 Å². The molecule has 0 heterocycles. The Kier molecular flexibility index (Phi) is 19.1. The molecule has 0 aromatic carbocycles. The molecule has 1 amide bonds. The van der Waals surface area contributed by atoms with Gasteiger partial charge in [-0.25, -0.2) is 0 Å². The summed E-state index contributed by atoms with van der Waals surface area (Å²) in [7, 11) is 0. The predicted molar refractivity (Wildman–Crippen MR) is 89.1 cm³/mol. The molecule has 0 rings (SSSR count). The van der Waals surface area contributed by atoms with Gasteiger partial charge in [-0.15, -0.1) is 0 Å². The maximum Gasteiger partial charge on any atom is 0.216 e. The van der Waals surface area contributed by atoms with Crippen LogP contribution in [0.5, 0.6) is 0 Å². The average Bonchev–Trinajstić information content (AvgIpc) is 2.53. The maximum absolute atomic E-state index is 11.4. The van der Waals surface area contributed by atoms with Gasteiger partial charge in [0.05, 0.1) is 33.0 Å². The van der Waals surface area contributed by atoms with Crippen LogP contribution in [0.15, 0.2) is 0 Å². The van der Waals surface area contributed by atoms with Crippen LogP contribution in [0.2, 0.25) is 0 Å². The predicted octanol–water partition coefficient (Wildman–Crippen LogP) is 2.06. The molecule has 0 bridgehead atoms. The van der Waals surface area contributed by atoms with E-state index in [0.717, 1.165) is 6.42 Å². The second-order valence-electron chi connectivity index (χ2n) is 4.54. The molecule has 1 unspecified atom stereocenters. The molecule has 0 saturated carbocycles. The first-order chi connectivity index (χ1) is 10.6. The van der Waals surface area contributed by atoms with Crippen molar-refractivity contribution in [3.05, 3.63) is 0 Å². The van der Waals surface area contributed by atoms with E-state index in [0.29, 0.717) is 39.6 Å². The minimum Gasteiger partial charge on any atom is -0.377 e. The molecule has 0 radical (unpaired) electrons. The van der Waals surface area contributed by atoms with Gasteiger partial charge in [0.25, 0.3) is 0 Å². The Bertz CT molecular complexity index is 277. The maximum atomic E-state index is 11.4. The van der Waals surface area contributed by atoms with E-state index in [2.05, 4.69) is 5.32 Å². The molecule has 0 aromatic rings. The Morgan fingerprint density at radius 2 is 1.50 bits per heavy atom. The van der Waals surface area contributed by atoms with Crippen molar-refractivity contribution in [1.82, 2.24) is 5.32 Å². The Morgan fingerprint density at radius 1 is 1.00 bits per heavy atom. The van der Waals surface area contributed by atoms with Crippen LogP contribution in [0.4, 0.5) is 0 Å². The molecule has 0 spiro atoms. The van der Waals surface area contributed by atoms with Crippen molar-refractivity contribution < 1.29 is 25.2 Å². The Hall–Kier alpha value is -0.980. The molecule has 0 aromatic heterocycles. The lowest BCUT2D eigenvalue weighted by Gasteiger charge is -2.09. The minimum absolute atomic E-state index is 0. The van der Waals surface area contributed by atoms with Gasteiger partial charge in [-0.2, -0.15) is 0 Å². The summed E-state index contributed by atoms with van der Waals surface area (Å²) in [6.07, 6.45) is 0.842. The number of nitrogens with one attached hydrogen (secondary N) is 1. The Morgan fingerprint density at radius 3 is 2.00 bits per heavy atom. The van der Waals surface area contributed by atoms with Crippen LogP contribution < -0.4 is 5.32 Å². The average molecular weight is 321 g/mol. The van der Waals surface area contributed by atoms with Crippen LogP contribution in [-0.4, -0.2) is 57.9 Å². The lowest BCUT2D eigenvalue weighted by atomic mass is 10.1. The van der Waals surface area contributed by atoms with Gasteiger partial charge in [0.15, 0.2) is 5.78 Å². The van der Waals surface area contributed by atoms with Crippen LogP contribution in [0.3, 0.4) is 0 Å². The molecule has 1 atom stereocenters. The topological polar surface area (TPSA) is 73.9 Å². The minimum atomic E-state index is -0.0612. The first kappa shape index (κ1) is 23.3. The summed E-state index contributed by atoms with van der Waals surface area (Å²) in [6.45, 7) is 12.3. The van der Waals surface area contributed by atoms with Gasteiger partial charge in [0.1, 0.15) is 6.61 Å². The molecule has 0 aliphatic rings. The number of Topliss-reactive ketones (excluding diaryl/α,β-unsaturated/α-hetero) is 1. The highest BCUT2D eigenvalue weighted by molar-refractivity contribution is 5.81. The number of carbonyl (C=O) groups is 2. The molecule has 0 aliphatic carbocycles. The fourth-order valence-electron chi connectivity index (χ4n) is 1.28.